The lowest BCUT2D eigenvalue weighted by Crippen LogP contribution is -2.43. The number of aliphatic carboxylic acids is 1. The smallest absolute Gasteiger partial charge is 0.314 e. The van der Waals surface area contributed by atoms with E-state index in [-0.39, 0.29) is 12.8 Å². The third-order valence-electron chi connectivity index (χ3n) is 4.12. The molecule has 1 fully saturated rings. The first-order chi connectivity index (χ1) is 9.31. The molecule has 1 saturated carbocycles. The quantitative estimate of drug-likeness (QED) is 0.923. The lowest BCUT2D eigenvalue weighted by Gasteiger charge is -2.37. The van der Waals surface area contributed by atoms with Gasteiger partial charge in [-0.3, -0.25) is 4.79 Å². The van der Waals surface area contributed by atoms with Crippen molar-refractivity contribution in [3.05, 3.63) is 29.3 Å². The Kier molecular flexibility index (Phi) is 3.71. The molecule has 110 valence electrons. The van der Waals surface area contributed by atoms with E-state index in [1.54, 1.807) is 12.1 Å². The van der Waals surface area contributed by atoms with Crippen molar-refractivity contribution in [3.63, 3.8) is 0 Å². The second-order valence-electron chi connectivity index (χ2n) is 5.45. The van der Waals surface area contributed by atoms with Crippen LogP contribution in [-0.4, -0.2) is 24.1 Å². The number of ether oxygens (including phenoxy) is 1. The molecular weight excluding hydrogens is 266 g/mol. The first kappa shape index (κ1) is 14.8. The number of carbonyl (C=O) groups is 1. The molecule has 0 aliphatic heterocycles. The normalized spacial score (nSPS) is 20.4. The minimum atomic E-state index is -2.77. The van der Waals surface area contributed by atoms with Crippen molar-refractivity contribution in [3.8, 4) is 5.75 Å². The molecule has 0 saturated heterocycles. The van der Waals surface area contributed by atoms with E-state index in [4.69, 9.17) is 4.74 Å². The summed E-state index contributed by atoms with van der Waals surface area (Å²) in [5.41, 5.74) is 0.112. The van der Waals surface area contributed by atoms with Gasteiger partial charge >= 0.3 is 5.97 Å². The van der Waals surface area contributed by atoms with Crippen LogP contribution < -0.4 is 4.74 Å². The summed E-state index contributed by atoms with van der Waals surface area (Å²) in [5.74, 6) is -3.38. The summed E-state index contributed by atoms with van der Waals surface area (Å²) in [6.07, 6.45) is -0.961. The third kappa shape index (κ3) is 2.49. The zero-order chi connectivity index (χ0) is 15.0. The predicted octanol–water partition coefficient (Wildman–Crippen LogP) is 3.54. The number of hydrogen-bond donors (Lipinski definition) is 1. The van der Waals surface area contributed by atoms with Crippen LogP contribution in [0.3, 0.4) is 0 Å². The highest BCUT2D eigenvalue weighted by Crippen LogP contribution is 2.48. The summed E-state index contributed by atoms with van der Waals surface area (Å²) in [4.78, 5) is 11.8. The maximum Gasteiger partial charge on any atom is 0.314 e. The van der Waals surface area contributed by atoms with Crippen LogP contribution in [0.5, 0.6) is 5.75 Å². The minimum absolute atomic E-state index is 0.0743. The van der Waals surface area contributed by atoms with Crippen molar-refractivity contribution in [1.29, 1.82) is 0 Å². The fraction of sp³-hybridized carbons (Fsp3) is 0.533. The van der Waals surface area contributed by atoms with E-state index in [1.165, 1.54) is 7.11 Å². The van der Waals surface area contributed by atoms with Crippen molar-refractivity contribution in [2.75, 3.05) is 7.11 Å². The number of rotatable bonds is 3. The van der Waals surface area contributed by atoms with Crippen LogP contribution in [0.2, 0.25) is 0 Å². The Bertz CT molecular complexity index is 516. The van der Waals surface area contributed by atoms with Crippen molar-refractivity contribution in [2.24, 2.45) is 0 Å². The molecule has 0 unspecified atom stereocenters. The first-order valence-corrected chi connectivity index (χ1v) is 6.57. The Balaban J connectivity index is 2.50. The molecule has 0 heterocycles. The topological polar surface area (TPSA) is 46.5 Å². The summed E-state index contributed by atoms with van der Waals surface area (Å²) in [7, 11) is 1.46. The van der Waals surface area contributed by atoms with Gasteiger partial charge in [0, 0.05) is 18.4 Å². The largest absolute Gasteiger partial charge is 0.496 e. The van der Waals surface area contributed by atoms with Gasteiger partial charge in [-0.05, 0) is 25.8 Å². The van der Waals surface area contributed by atoms with Crippen LogP contribution >= 0.6 is 0 Å². The number of carboxylic acids is 1. The molecule has 1 N–H and O–H groups in total. The number of halogens is 2. The molecule has 0 bridgehead atoms. The summed E-state index contributed by atoms with van der Waals surface area (Å²) in [6, 6.07) is 5.24. The summed E-state index contributed by atoms with van der Waals surface area (Å²) in [6.45, 7) is 1.84. The third-order valence-corrected chi connectivity index (χ3v) is 4.12. The van der Waals surface area contributed by atoms with Crippen LogP contribution in [0.1, 0.15) is 36.8 Å². The van der Waals surface area contributed by atoms with Crippen molar-refractivity contribution in [1.82, 2.24) is 0 Å². The molecule has 5 heteroatoms. The number of carboxylic acid groups (broad SMARTS) is 1. The molecule has 0 amide bonds. The summed E-state index contributed by atoms with van der Waals surface area (Å²) < 4.78 is 32.0. The number of alkyl halides is 2. The van der Waals surface area contributed by atoms with Crippen molar-refractivity contribution < 1.29 is 23.4 Å². The molecule has 0 aromatic heterocycles. The van der Waals surface area contributed by atoms with E-state index in [0.29, 0.717) is 11.3 Å². The SMILES string of the molecule is COc1ccc(C)cc1C1(C(=O)O)CCC(F)(F)CC1. The van der Waals surface area contributed by atoms with Gasteiger partial charge in [0.15, 0.2) is 0 Å². The standard InChI is InChI=1S/C15H18F2O3/c1-10-3-4-12(20-2)11(9-10)14(13(18)19)5-7-15(16,17)8-6-14/h3-4,9H,5-8H2,1-2H3,(H,18,19). The lowest BCUT2D eigenvalue weighted by atomic mass is 9.68. The minimum Gasteiger partial charge on any atom is -0.496 e. The molecule has 3 nitrogen and oxygen atoms in total. The highest BCUT2D eigenvalue weighted by Gasteiger charge is 2.50. The van der Waals surface area contributed by atoms with E-state index >= 15 is 0 Å². The second-order valence-corrected chi connectivity index (χ2v) is 5.45. The predicted molar refractivity (Wildman–Crippen MR) is 70.5 cm³/mol. The van der Waals surface area contributed by atoms with Gasteiger partial charge in [-0.15, -0.1) is 0 Å². The molecule has 0 atom stereocenters. The molecule has 0 radical (unpaired) electrons. The molecule has 1 aliphatic carbocycles. The first-order valence-electron chi connectivity index (χ1n) is 6.57. The zero-order valence-corrected chi connectivity index (χ0v) is 11.6. The number of hydrogen-bond acceptors (Lipinski definition) is 2. The van der Waals surface area contributed by atoms with Gasteiger partial charge in [-0.2, -0.15) is 0 Å². The summed E-state index contributed by atoms with van der Waals surface area (Å²) in [5, 5.41) is 9.62. The van der Waals surface area contributed by atoms with Gasteiger partial charge in [-0.25, -0.2) is 8.78 Å². The van der Waals surface area contributed by atoms with Crippen LogP contribution in [0.15, 0.2) is 18.2 Å². The number of benzene rings is 1. The van der Waals surface area contributed by atoms with Crippen LogP contribution in [0, 0.1) is 6.92 Å². The van der Waals surface area contributed by atoms with Gasteiger partial charge in [0.25, 0.3) is 0 Å². The van der Waals surface area contributed by atoms with Gasteiger partial charge < -0.3 is 9.84 Å². The Morgan fingerprint density at radius 2 is 1.85 bits per heavy atom. The van der Waals surface area contributed by atoms with E-state index in [1.807, 2.05) is 13.0 Å². The number of aryl methyl sites for hydroxylation is 1. The monoisotopic (exact) mass is 284 g/mol. The van der Waals surface area contributed by atoms with E-state index in [0.717, 1.165) is 5.56 Å². The van der Waals surface area contributed by atoms with Gasteiger partial charge in [0.1, 0.15) is 5.75 Å². The maximum absolute atomic E-state index is 13.4. The number of methoxy groups -OCH3 is 1. The molecule has 0 spiro atoms. The fourth-order valence-electron chi connectivity index (χ4n) is 2.84. The van der Waals surface area contributed by atoms with E-state index < -0.39 is 30.1 Å². The fourth-order valence-corrected chi connectivity index (χ4v) is 2.84. The Hall–Kier alpha value is -1.65. The molecule has 1 aromatic rings. The Morgan fingerprint density at radius 3 is 2.35 bits per heavy atom. The molecule has 1 aromatic carbocycles. The van der Waals surface area contributed by atoms with Crippen LogP contribution in [0.4, 0.5) is 8.78 Å². The molecule has 1 aliphatic rings. The highest BCUT2D eigenvalue weighted by atomic mass is 19.3. The second kappa shape index (κ2) is 5.04. The summed E-state index contributed by atoms with van der Waals surface area (Å²) >= 11 is 0. The molecule has 20 heavy (non-hydrogen) atoms. The van der Waals surface area contributed by atoms with Crippen LogP contribution in [0.25, 0.3) is 0 Å². The van der Waals surface area contributed by atoms with Crippen molar-refractivity contribution in [2.45, 2.75) is 43.9 Å². The zero-order valence-electron chi connectivity index (χ0n) is 11.6. The lowest BCUT2D eigenvalue weighted by molar-refractivity contribution is -0.149. The van der Waals surface area contributed by atoms with E-state index in [9.17, 15) is 18.7 Å². The highest BCUT2D eigenvalue weighted by molar-refractivity contribution is 5.83. The van der Waals surface area contributed by atoms with Gasteiger partial charge in [0.05, 0.1) is 12.5 Å². The van der Waals surface area contributed by atoms with Gasteiger partial charge in [-0.1, -0.05) is 17.7 Å². The Morgan fingerprint density at radius 1 is 1.25 bits per heavy atom. The Labute approximate surface area is 116 Å². The van der Waals surface area contributed by atoms with E-state index in [2.05, 4.69) is 0 Å². The van der Waals surface area contributed by atoms with Gasteiger partial charge in [0.2, 0.25) is 5.92 Å². The average molecular weight is 284 g/mol. The van der Waals surface area contributed by atoms with Crippen molar-refractivity contribution >= 4 is 5.97 Å². The average Bonchev–Trinajstić information content (AvgIpc) is 2.39. The molecule has 2 rings (SSSR count). The maximum atomic E-state index is 13.4. The molecular formula is C15H18F2O3. The van der Waals surface area contributed by atoms with Crippen LogP contribution in [-0.2, 0) is 10.2 Å².